The number of nitrogens with one attached hydrogen (secondary N) is 1. The minimum atomic E-state index is -0.0867. The highest BCUT2D eigenvalue weighted by molar-refractivity contribution is 9.10. The first-order chi connectivity index (χ1) is 13.5. The SMILES string of the molecule is Cc1ccc(-n2c(C)cc(/C=N/NC(=O)CCc3ccccc3)c2C)cc1Br. The van der Waals surface area contributed by atoms with Crippen LogP contribution in [0.3, 0.4) is 0 Å². The van der Waals surface area contributed by atoms with E-state index < -0.39 is 0 Å². The van der Waals surface area contributed by atoms with Crippen LogP contribution in [0, 0.1) is 20.8 Å². The van der Waals surface area contributed by atoms with Crippen LogP contribution in [0.15, 0.2) is 64.2 Å². The predicted molar refractivity (Wildman–Crippen MR) is 118 cm³/mol. The smallest absolute Gasteiger partial charge is 0.240 e. The van der Waals surface area contributed by atoms with Gasteiger partial charge in [0.15, 0.2) is 0 Å². The largest absolute Gasteiger partial charge is 0.318 e. The van der Waals surface area contributed by atoms with Crippen molar-refractivity contribution < 1.29 is 4.79 Å². The summed E-state index contributed by atoms with van der Waals surface area (Å²) in [5, 5.41) is 4.15. The molecule has 144 valence electrons. The number of hydrazone groups is 1. The summed E-state index contributed by atoms with van der Waals surface area (Å²) in [5.41, 5.74) is 9.25. The molecule has 28 heavy (non-hydrogen) atoms. The van der Waals surface area contributed by atoms with Gasteiger partial charge in [-0.3, -0.25) is 4.79 Å². The van der Waals surface area contributed by atoms with E-state index in [4.69, 9.17) is 0 Å². The summed E-state index contributed by atoms with van der Waals surface area (Å²) in [5.74, 6) is -0.0867. The molecule has 0 saturated carbocycles. The number of carbonyl (C=O) groups is 1. The summed E-state index contributed by atoms with van der Waals surface area (Å²) in [6.45, 7) is 6.19. The molecule has 3 aromatic rings. The molecule has 2 aromatic carbocycles. The Labute approximate surface area is 174 Å². The van der Waals surface area contributed by atoms with Crippen LogP contribution >= 0.6 is 15.9 Å². The van der Waals surface area contributed by atoms with Crippen LogP contribution in [0.2, 0.25) is 0 Å². The average Bonchev–Trinajstić information content (AvgIpc) is 2.97. The third-order valence-corrected chi connectivity index (χ3v) is 5.61. The van der Waals surface area contributed by atoms with Crippen LogP contribution in [0.5, 0.6) is 0 Å². The second-order valence-corrected chi connectivity index (χ2v) is 7.73. The summed E-state index contributed by atoms with van der Waals surface area (Å²) < 4.78 is 3.27. The van der Waals surface area contributed by atoms with Crippen molar-refractivity contribution in [1.82, 2.24) is 9.99 Å². The monoisotopic (exact) mass is 437 g/mol. The normalized spacial score (nSPS) is 11.1. The van der Waals surface area contributed by atoms with Crippen LogP contribution in [0.1, 0.15) is 34.5 Å². The minimum Gasteiger partial charge on any atom is -0.318 e. The van der Waals surface area contributed by atoms with Gasteiger partial charge >= 0.3 is 0 Å². The van der Waals surface area contributed by atoms with Crippen molar-refractivity contribution in [3.8, 4) is 5.69 Å². The van der Waals surface area contributed by atoms with Gasteiger partial charge < -0.3 is 4.57 Å². The van der Waals surface area contributed by atoms with E-state index >= 15 is 0 Å². The number of halogens is 1. The van der Waals surface area contributed by atoms with Crippen molar-refractivity contribution in [2.45, 2.75) is 33.6 Å². The standard InChI is InChI=1S/C23H24BrN3O/c1-16-9-11-21(14-22(16)24)27-17(2)13-20(18(27)3)15-25-26-23(28)12-10-19-7-5-4-6-8-19/h4-9,11,13-15H,10,12H2,1-3H3,(H,26,28)/b25-15+. The van der Waals surface area contributed by atoms with Gasteiger partial charge in [0, 0.05) is 33.5 Å². The maximum Gasteiger partial charge on any atom is 0.240 e. The van der Waals surface area contributed by atoms with E-state index in [1.165, 1.54) is 5.56 Å². The molecule has 4 nitrogen and oxygen atoms in total. The number of aryl methyl sites for hydroxylation is 3. The summed E-state index contributed by atoms with van der Waals surface area (Å²) in [6.07, 6.45) is 2.83. The summed E-state index contributed by atoms with van der Waals surface area (Å²) >= 11 is 3.60. The lowest BCUT2D eigenvalue weighted by Gasteiger charge is -2.11. The molecule has 0 aliphatic carbocycles. The van der Waals surface area contributed by atoms with Crippen molar-refractivity contribution in [3.05, 3.63) is 87.1 Å². The van der Waals surface area contributed by atoms with E-state index in [0.717, 1.165) is 32.7 Å². The Bertz CT molecular complexity index is 1010. The molecule has 0 atom stereocenters. The molecule has 0 aliphatic heterocycles. The third kappa shape index (κ3) is 4.78. The van der Waals surface area contributed by atoms with Crippen LogP contribution in [0.25, 0.3) is 5.69 Å². The number of rotatable bonds is 6. The van der Waals surface area contributed by atoms with Gasteiger partial charge in [-0.2, -0.15) is 5.10 Å². The first-order valence-corrected chi connectivity index (χ1v) is 10.1. The van der Waals surface area contributed by atoms with E-state index in [0.29, 0.717) is 12.8 Å². The molecule has 1 aromatic heterocycles. The van der Waals surface area contributed by atoms with Crippen molar-refractivity contribution >= 4 is 28.1 Å². The van der Waals surface area contributed by atoms with Gasteiger partial charge in [-0.1, -0.05) is 52.3 Å². The molecule has 0 saturated heterocycles. The molecule has 5 heteroatoms. The van der Waals surface area contributed by atoms with Gasteiger partial charge in [-0.15, -0.1) is 0 Å². The third-order valence-electron chi connectivity index (χ3n) is 4.76. The minimum absolute atomic E-state index is 0.0867. The van der Waals surface area contributed by atoms with E-state index in [2.05, 4.69) is 76.1 Å². The second-order valence-electron chi connectivity index (χ2n) is 6.87. The maximum atomic E-state index is 12.0. The molecular formula is C23H24BrN3O. The van der Waals surface area contributed by atoms with Gasteiger partial charge in [-0.25, -0.2) is 5.43 Å². The van der Waals surface area contributed by atoms with Crippen LogP contribution < -0.4 is 5.43 Å². The summed E-state index contributed by atoms with van der Waals surface area (Å²) in [4.78, 5) is 12.0. The Hall–Kier alpha value is -2.66. The number of aromatic nitrogens is 1. The highest BCUT2D eigenvalue weighted by atomic mass is 79.9. The Balaban J connectivity index is 1.66. The summed E-state index contributed by atoms with van der Waals surface area (Å²) in [6, 6.07) is 18.4. The fourth-order valence-electron chi connectivity index (χ4n) is 3.17. The van der Waals surface area contributed by atoms with Crippen LogP contribution in [-0.2, 0) is 11.2 Å². The fourth-order valence-corrected chi connectivity index (χ4v) is 3.54. The van der Waals surface area contributed by atoms with Gasteiger partial charge in [0.1, 0.15) is 0 Å². The van der Waals surface area contributed by atoms with E-state index in [1.807, 2.05) is 30.3 Å². The molecule has 3 rings (SSSR count). The molecule has 0 unspecified atom stereocenters. The molecule has 0 spiro atoms. The molecule has 1 heterocycles. The number of hydrogen-bond acceptors (Lipinski definition) is 2. The number of carbonyl (C=O) groups excluding carboxylic acids is 1. The first kappa shape index (κ1) is 20.1. The van der Waals surface area contributed by atoms with Crippen LogP contribution in [0.4, 0.5) is 0 Å². The van der Waals surface area contributed by atoms with Gasteiger partial charge in [0.2, 0.25) is 5.91 Å². The first-order valence-electron chi connectivity index (χ1n) is 9.27. The zero-order valence-corrected chi connectivity index (χ0v) is 18.0. The molecular weight excluding hydrogens is 414 g/mol. The number of benzene rings is 2. The lowest BCUT2D eigenvalue weighted by atomic mass is 10.1. The van der Waals surface area contributed by atoms with E-state index in [9.17, 15) is 4.79 Å². The van der Waals surface area contributed by atoms with Crippen LogP contribution in [-0.4, -0.2) is 16.7 Å². The van der Waals surface area contributed by atoms with Gasteiger partial charge in [-0.05, 0) is 56.5 Å². The topological polar surface area (TPSA) is 46.4 Å². The van der Waals surface area contributed by atoms with Crippen molar-refractivity contribution in [1.29, 1.82) is 0 Å². The quantitative estimate of drug-likeness (QED) is 0.415. The zero-order valence-electron chi connectivity index (χ0n) is 16.4. The molecule has 1 amide bonds. The molecule has 0 aliphatic rings. The van der Waals surface area contributed by atoms with Gasteiger partial charge in [0.25, 0.3) is 0 Å². The molecule has 0 bridgehead atoms. The van der Waals surface area contributed by atoms with E-state index in [-0.39, 0.29) is 5.91 Å². The van der Waals surface area contributed by atoms with Crippen molar-refractivity contribution in [3.63, 3.8) is 0 Å². The van der Waals surface area contributed by atoms with Gasteiger partial charge in [0.05, 0.1) is 6.21 Å². The lowest BCUT2D eigenvalue weighted by Crippen LogP contribution is -2.17. The maximum absolute atomic E-state index is 12.0. The molecule has 0 fully saturated rings. The Morgan fingerprint density at radius 1 is 1.11 bits per heavy atom. The number of nitrogens with zero attached hydrogens (tertiary/aromatic N) is 2. The second kappa shape index (κ2) is 9.02. The number of amides is 1. The predicted octanol–water partition coefficient (Wildman–Crippen LogP) is 5.25. The van der Waals surface area contributed by atoms with Crippen molar-refractivity contribution in [2.75, 3.05) is 0 Å². The highest BCUT2D eigenvalue weighted by Gasteiger charge is 2.10. The lowest BCUT2D eigenvalue weighted by molar-refractivity contribution is -0.121. The van der Waals surface area contributed by atoms with E-state index in [1.54, 1.807) is 6.21 Å². The molecule has 1 N–H and O–H groups in total. The molecule has 0 radical (unpaired) electrons. The Morgan fingerprint density at radius 3 is 2.57 bits per heavy atom. The van der Waals surface area contributed by atoms with Crippen molar-refractivity contribution in [2.24, 2.45) is 5.10 Å². The fraction of sp³-hybridized carbons (Fsp3) is 0.217. The zero-order chi connectivity index (χ0) is 20.1. The average molecular weight is 438 g/mol. The summed E-state index contributed by atoms with van der Waals surface area (Å²) in [7, 11) is 0. The number of hydrogen-bond donors (Lipinski definition) is 1. The highest BCUT2D eigenvalue weighted by Crippen LogP contribution is 2.24. The Morgan fingerprint density at radius 2 is 1.86 bits per heavy atom. The Kier molecular flexibility index (Phi) is 6.47.